The third-order valence-corrected chi connectivity index (χ3v) is 1.37. The number of halogens is 1. The van der Waals surface area contributed by atoms with E-state index >= 15 is 0 Å². The normalized spacial score (nSPS) is 7.64. The van der Waals surface area contributed by atoms with E-state index in [1.54, 1.807) is 13.2 Å². The Morgan fingerprint density at radius 2 is 1.91 bits per heavy atom. The van der Waals surface area contributed by atoms with Gasteiger partial charge in [-0.3, -0.25) is 0 Å². The Morgan fingerprint density at radius 3 is 2.27 bits per heavy atom. The first-order valence-electron chi connectivity index (χ1n) is 2.89. The van der Waals surface area contributed by atoms with Gasteiger partial charge in [-0.05, 0) is 12.1 Å². The SMILES string of the molecule is C#N.COc1ccccc1Cl. The zero-order chi connectivity index (χ0) is 8.69. The molecule has 1 aromatic rings. The molecule has 0 radical (unpaired) electrons. The van der Waals surface area contributed by atoms with Crippen LogP contribution in [-0.2, 0) is 0 Å². The summed E-state index contributed by atoms with van der Waals surface area (Å²) in [6.07, 6.45) is 0. The average Bonchev–Trinajstić information content (AvgIpc) is 2.09. The van der Waals surface area contributed by atoms with Crippen LogP contribution in [0.5, 0.6) is 5.75 Å². The van der Waals surface area contributed by atoms with Gasteiger partial charge in [0.25, 0.3) is 0 Å². The second-order valence-corrected chi connectivity index (χ2v) is 2.04. The molecule has 2 nitrogen and oxygen atoms in total. The lowest BCUT2D eigenvalue weighted by Gasteiger charge is -1.98. The van der Waals surface area contributed by atoms with Crippen LogP contribution in [0.3, 0.4) is 0 Å². The number of benzene rings is 1. The summed E-state index contributed by atoms with van der Waals surface area (Å²) in [5.74, 6) is 0.721. The van der Waals surface area contributed by atoms with Crippen molar-refractivity contribution in [3.63, 3.8) is 0 Å². The van der Waals surface area contributed by atoms with Crippen molar-refractivity contribution in [1.82, 2.24) is 0 Å². The third kappa shape index (κ3) is 2.92. The number of ether oxygens (including phenoxy) is 1. The van der Waals surface area contributed by atoms with Crippen LogP contribution >= 0.6 is 11.6 Å². The van der Waals surface area contributed by atoms with E-state index < -0.39 is 0 Å². The first kappa shape index (κ1) is 9.80. The summed E-state index contributed by atoms with van der Waals surface area (Å²) < 4.78 is 4.91. The van der Waals surface area contributed by atoms with Gasteiger partial charge in [0.1, 0.15) is 5.75 Å². The summed E-state index contributed by atoms with van der Waals surface area (Å²) >= 11 is 5.70. The van der Waals surface area contributed by atoms with Crippen molar-refractivity contribution in [2.45, 2.75) is 0 Å². The molecule has 1 rings (SSSR count). The Hall–Kier alpha value is -1.20. The van der Waals surface area contributed by atoms with Crippen LogP contribution in [0.1, 0.15) is 0 Å². The number of nitriles is 1. The fraction of sp³-hybridized carbons (Fsp3) is 0.125. The van der Waals surface area contributed by atoms with Crippen LogP contribution < -0.4 is 4.74 Å². The first-order chi connectivity index (χ1) is 5.34. The van der Waals surface area contributed by atoms with Crippen LogP contribution in [0.25, 0.3) is 0 Å². The molecule has 0 aliphatic carbocycles. The molecule has 58 valence electrons. The second-order valence-electron chi connectivity index (χ2n) is 1.63. The minimum absolute atomic E-state index is 0.653. The molecule has 0 N–H and O–H groups in total. The number of para-hydroxylation sites is 1. The van der Waals surface area contributed by atoms with Gasteiger partial charge in [-0.1, -0.05) is 23.7 Å². The topological polar surface area (TPSA) is 33.0 Å². The molecule has 11 heavy (non-hydrogen) atoms. The molecule has 0 unspecified atom stereocenters. The fourth-order valence-corrected chi connectivity index (χ4v) is 0.823. The van der Waals surface area contributed by atoms with E-state index in [0.717, 1.165) is 5.75 Å². The van der Waals surface area contributed by atoms with Crippen molar-refractivity contribution in [1.29, 1.82) is 5.26 Å². The van der Waals surface area contributed by atoms with E-state index in [1.807, 2.05) is 18.2 Å². The number of methoxy groups -OCH3 is 1. The van der Waals surface area contributed by atoms with Gasteiger partial charge in [-0.15, -0.1) is 0 Å². The highest BCUT2D eigenvalue weighted by molar-refractivity contribution is 6.32. The maximum absolute atomic E-state index is 6.50. The van der Waals surface area contributed by atoms with Gasteiger partial charge in [-0.25, -0.2) is 5.26 Å². The van der Waals surface area contributed by atoms with Gasteiger partial charge in [-0.2, -0.15) is 0 Å². The highest BCUT2D eigenvalue weighted by Gasteiger charge is 1.93. The molecular weight excluding hydrogens is 162 g/mol. The number of nitrogens with zero attached hydrogens (tertiary/aromatic N) is 1. The summed E-state index contributed by atoms with van der Waals surface area (Å²) in [6, 6.07) is 7.36. The molecule has 0 aromatic heterocycles. The maximum atomic E-state index is 6.50. The molecule has 0 saturated heterocycles. The fourth-order valence-electron chi connectivity index (χ4n) is 0.610. The van der Waals surface area contributed by atoms with Gasteiger partial charge in [0.2, 0.25) is 0 Å². The van der Waals surface area contributed by atoms with Crippen molar-refractivity contribution in [2.75, 3.05) is 7.11 Å². The van der Waals surface area contributed by atoms with E-state index in [4.69, 9.17) is 21.6 Å². The standard InChI is InChI=1S/C7H7ClO.CHN/c1-9-7-5-3-2-4-6(7)8;1-2/h2-5H,1H3;1H. The zero-order valence-corrected chi connectivity index (χ0v) is 6.88. The highest BCUT2D eigenvalue weighted by Crippen LogP contribution is 2.21. The number of hydrogen-bond donors (Lipinski definition) is 0. The molecule has 0 bridgehead atoms. The smallest absolute Gasteiger partial charge is 0.137 e. The Balaban J connectivity index is 0.000000461. The lowest BCUT2D eigenvalue weighted by Crippen LogP contribution is -1.81. The van der Waals surface area contributed by atoms with Gasteiger partial charge in [0.15, 0.2) is 0 Å². The maximum Gasteiger partial charge on any atom is 0.137 e. The lowest BCUT2D eigenvalue weighted by atomic mass is 10.3. The minimum Gasteiger partial charge on any atom is -0.495 e. The summed E-state index contributed by atoms with van der Waals surface area (Å²) in [4.78, 5) is 0. The third-order valence-electron chi connectivity index (χ3n) is 1.06. The Bertz CT molecular complexity index is 235. The molecule has 0 atom stereocenters. The Labute approximate surface area is 71.0 Å². The van der Waals surface area contributed by atoms with Crippen molar-refractivity contribution >= 4 is 11.6 Å². The summed E-state index contributed by atoms with van der Waals surface area (Å²) in [6.45, 7) is 3.50. The molecular formula is C8H8ClNO. The van der Waals surface area contributed by atoms with E-state index in [-0.39, 0.29) is 0 Å². The Kier molecular flexibility index (Phi) is 4.97. The van der Waals surface area contributed by atoms with Crippen LogP contribution in [0.15, 0.2) is 24.3 Å². The van der Waals surface area contributed by atoms with Crippen LogP contribution in [-0.4, -0.2) is 7.11 Å². The van der Waals surface area contributed by atoms with Gasteiger partial charge in [0, 0.05) is 6.57 Å². The van der Waals surface area contributed by atoms with Crippen LogP contribution in [0.2, 0.25) is 5.02 Å². The molecule has 3 heteroatoms. The molecule has 1 aromatic carbocycles. The van der Waals surface area contributed by atoms with E-state index in [1.165, 1.54) is 0 Å². The predicted molar refractivity (Wildman–Crippen MR) is 44.7 cm³/mol. The van der Waals surface area contributed by atoms with Crippen molar-refractivity contribution in [3.05, 3.63) is 29.3 Å². The number of rotatable bonds is 1. The molecule has 0 spiro atoms. The second kappa shape index (κ2) is 5.57. The quantitative estimate of drug-likeness (QED) is 0.647. The number of hydrogen-bond acceptors (Lipinski definition) is 2. The molecule has 0 saturated carbocycles. The molecule has 0 aliphatic heterocycles. The van der Waals surface area contributed by atoms with E-state index in [0.29, 0.717) is 5.02 Å². The highest BCUT2D eigenvalue weighted by atomic mass is 35.5. The van der Waals surface area contributed by atoms with Crippen LogP contribution in [0, 0.1) is 11.8 Å². The molecule has 0 fully saturated rings. The first-order valence-corrected chi connectivity index (χ1v) is 3.26. The monoisotopic (exact) mass is 169 g/mol. The largest absolute Gasteiger partial charge is 0.495 e. The minimum atomic E-state index is 0.653. The average molecular weight is 170 g/mol. The van der Waals surface area contributed by atoms with Crippen molar-refractivity contribution < 1.29 is 4.74 Å². The summed E-state index contributed by atoms with van der Waals surface area (Å²) in [7, 11) is 1.60. The van der Waals surface area contributed by atoms with Gasteiger partial charge < -0.3 is 4.74 Å². The molecule has 0 amide bonds. The zero-order valence-electron chi connectivity index (χ0n) is 6.12. The molecule has 0 heterocycles. The van der Waals surface area contributed by atoms with Gasteiger partial charge in [0.05, 0.1) is 12.1 Å². The summed E-state index contributed by atoms with van der Waals surface area (Å²) in [5, 5.41) is 7.15. The summed E-state index contributed by atoms with van der Waals surface area (Å²) in [5.41, 5.74) is 0. The van der Waals surface area contributed by atoms with E-state index in [2.05, 4.69) is 6.57 Å². The predicted octanol–water partition coefficient (Wildman–Crippen LogP) is 2.49. The van der Waals surface area contributed by atoms with Crippen molar-refractivity contribution in [2.24, 2.45) is 0 Å². The Morgan fingerprint density at radius 1 is 1.36 bits per heavy atom. The van der Waals surface area contributed by atoms with Crippen LogP contribution in [0.4, 0.5) is 0 Å². The van der Waals surface area contributed by atoms with Gasteiger partial charge >= 0.3 is 0 Å². The lowest BCUT2D eigenvalue weighted by molar-refractivity contribution is 0.415. The van der Waals surface area contributed by atoms with Crippen molar-refractivity contribution in [3.8, 4) is 12.3 Å². The molecule has 0 aliphatic rings. The van der Waals surface area contributed by atoms with E-state index in [9.17, 15) is 0 Å².